The number of ether oxygens (including phenoxy) is 3. The second-order valence-corrected chi connectivity index (χ2v) is 3.53. The Bertz CT molecular complexity index is 266. The first-order valence-electron chi connectivity index (χ1n) is 4.72. The number of rotatable bonds is 1. The normalized spacial score (nSPS) is 25.4. The van der Waals surface area contributed by atoms with Gasteiger partial charge in [-0.3, -0.25) is 0 Å². The highest BCUT2D eigenvalue weighted by Crippen LogP contribution is 2.36. The molecule has 6 heteroatoms. The maximum atomic E-state index is 11.9. The fourth-order valence-electron chi connectivity index (χ4n) is 1.79. The number of alkyl halides is 3. The number of hydrogen-bond acceptors (Lipinski definition) is 3. The largest absolute Gasteiger partial charge is 0.572 e. The Morgan fingerprint density at radius 2 is 1.93 bits per heavy atom. The van der Waals surface area contributed by atoms with Gasteiger partial charge in [0.1, 0.15) is 5.76 Å². The molecule has 1 heterocycles. The summed E-state index contributed by atoms with van der Waals surface area (Å²) in [6.07, 6.45) is -2.29. The van der Waals surface area contributed by atoms with E-state index in [0.717, 1.165) is 0 Å². The van der Waals surface area contributed by atoms with Crippen molar-refractivity contribution in [1.29, 1.82) is 0 Å². The lowest BCUT2D eigenvalue weighted by Crippen LogP contribution is -2.32. The second kappa shape index (κ2) is 3.68. The quantitative estimate of drug-likeness (QED) is 0.684. The lowest BCUT2D eigenvalue weighted by Gasteiger charge is -2.30. The van der Waals surface area contributed by atoms with E-state index >= 15 is 0 Å². The molecule has 0 aromatic heterocycles. The molecule has 0 unspecified atom stereocenters. The zero-order valence-electron chi connectivity index (χ0n) is 7.97. The highest BCUT2D eigenvalue weighted by atomic mass is 19.4. The fourth-order valence-corrected chi connectivity index (χ4v) is 1.79. The third-order valence-corrected chi connectivity index (χ3v) is 2.45. The molecule has 1 saturated heterocycles. The molecule has 0 aromatic rings. The van der Waals surface area contributed by atoms with Crippen molar-refractivity contribution in [3.8, 4) is 0 Å². The maximum absolute atomic E-state index is 11.9. The van der Waals surface area contributed by atoms with Gasteiger partial charge in [0.25, 0.3) is 0 Å². The van der Waals surface area contributed by atoms with Gasteiger partial charge >= 0.3 is 6.36 Å². The fraction of sp³-hybridized carbons (Fsp3) is 0.778. The third kappa shape index (κ3) is 2.63. The van der Waals surface area contributed by atoms with Gasteiger partial charge in [0.2, 0.25) is 0 Å². The van der Waals surface area contributed by atoms with Crippen LogP contribution >= 0.6 is 0 Å². The van der Waals surface area contributed by atoms with E-state index in [1.165, 1.54) is 6.08 Å². The van der Waals surface area contributed by atoms with Gasteiger partial charge in [0, 0.05) is 19.3 Å². The molecule has 0 atom stereocenters. The van der Waals surface area contributed by atoms with E-state index in [-0.39, 0.29) is 12.2 Å². The molecule has 1 fully saturated rings. The highest BCUT2D eigenvalue weighted by Gasteiger charge is 2.40. The highest BCUT2D eigenvalue weighted by molar-refractivity contribution is 5.03. The molecule has 0 radical (unpaired) electrons. The first-order chi connectivity index (χ1) is 6.99. The van der Waals surface area contributed by atoms with E-state index in [1.54, 1.807) is 0 Å². The van der Waals surface area contributed by atoms with Gasteiger partial charge in [-0.1, -0.05) is 0 Å². The Kier molecular flexibility index (Phi) is 2.64. The van der Waals surface area contributed by atoms with E-state index < -0.39 is 12.1 Å². The van der Waals surface area contributed by atoms with Gasteiger partial charge in [0.15, 0.2) is 5.79 Å². The van der Waals surface area contributed by atoms with Gasteiger partial charge in [-0.25, -0.2) is 0 Å². The molecule has 86 valence electrons. The Balaban J connectivity index is 1.94. The van der Waals surface area contributed by atoms with Crippen LogP contribution in [0, 0.1) is 0 Å². The van der Waals surface area contributed by atoms with Crippen molar-refractivity contribution in [2.45, 2.75) is 31.4 Å². The molecule has 0 N–H and O–H groups in total. The number of allylic oxidation sites excluding steroid dienone is 1. The average Bonchev–Trinajstić information content (AvgIpc) is 2.56. The van der Waals surface area contributed by atoms with Crippen LogP contribution in [0.1, 0.15) is 19.3 Å². The smallest absolute Gasteiger partial charge is 0.411 e. The first-order valence-corrected chi connectivity index (χ1v) is 4.72. The predicted molar refractivity (Wildman–Crippen MR) is 43.7 cm³/mol. The van der Waals surface area contributed by atoms with Crippen LogP contribution in [0.3, 0.4) is 0 Å². The lowest BCUT2D eigenvalue weighted by atomic mass is 9.99. The van der Waals surface area contributed by atoms with Crippen LogP contribution in [0.2, 0.25) is 0 Å². The summed E-state index contributed by atoms with van der Waals surface area (Å²) >= 11 is 0. The first kappa shape index (κ1) is 10.8. The van der Waals surface area contributed by atoms with Crippen molar-refractivity contribution in [2.24, 2.45) is 0 Å². The Morgan fingerprint density at radius 3 is 2.40 bits per heavy atom. The summed E-state index contributed by atoms with van der Waals surface area (Å²) in [7, 11) is 0. The molecule has 0 bridgehead atoms. The zero-order chi connectivity index (χ0) is 10.9. The summed E-state index contributed by atoms with van der Waals surface area (Å²) in [5, 5.41) is 0. The van der Waals surface area contributed by atoms with Gasteiger partial charge in [0.05, 0.1) is 13.2 Å². The van der Waals surface area contributed by atoms with Crippen LogP contribution in [0.5, 0.6) is 0 Å². The molecule has 0 aromatic carbocycles. The minimum Gasteiger partial charge on any atom is -0.411 e. The molecule has 1 aliphatic heterocycles. The molecule has 2 rings (SSSR count). The van der Waals surface area contributed by atoms with E-state index in [9.17, 15) is 13.2 Å². The summed E-state index contributed by atoms with van der Waals surface area (Å²) in [5.41, 5.74) is 0. The average molecular weight is 224 g/mol. The minimum absolute atomic E-state index is 0.0489. The molecule has 2 aliphatic rings. The van der Waals surface area contributed by atoms with Gasteiger partial charge < -0.3 is 14.2 Å². The molecule has 0 amide bonds. The molecular formula is C9H11F3O3. The van der Waals surface area contributed by atoms with Crippen LogP contribution in [0.4, 0.5) is 13.2 Å². The molecule has 1 aliphatic carbocycles. The van der Waals surface area contributed by atoms with Crippen molar-refractivity contribution in [3.05, 3.63) is 11.8 Å². The van der Waals surface area contributed by atoms with Gasteiger partial charge in [-0.15, -0.1) is 13.2 Å². The van der Waals surface area contributed by atoms with E-state index in [0.29, 0.717) is 26.1 Å². The van der Waals surface area contributed by atoms with Crippen molar-refractivity contribution in [3.63, 3.8) is 0 Å². The van der Waals surface area contributed by atoms with Gasteiger partial charge in [-0.2, -0.15) is 0 Å². The maximum Gasteiger partial charge on any atom is 0.572 e. The van der Waals surface area contributed by atoms with Crippen molar-refractivity contribution >= 4 is 0 Å². The van der Waals surface area contributed by atoms with E-state index in [4.69, 9.17) is 9.47 Å². The monoisotopic (exact) mass is 224 g/mol. The van der Waals surface area contributed by atoms with Crippen LogP contribution in [-0.4, -0.2) is 25.4 Å². The number of halogens is 3. The van der Waals surface area contributed by atoms with Crippen LogP contribution < -0.4 is 0 Å². The van der Waals surface area contributed by atoms with Gasteiger partial charge in [-0.05, 0) is 6.08 Å². The Morgan fingerprint density at radius 1 is 1.27 bits per heavy atom. The molecule has 0 saturated carbocycles. The standard InChI is InChI=1S/C9H11F3O3/c10-9(11,12)15-7-1-3-8(4-2-7)13-5-6-14-8/h1H,2-6H2. The second-order valence-electron chi connectivity index (χ2n) is 3.53. The topological polar surface area (TPSA) is 27.7 Å². The van der Waals surface area contributed by atoms with Crippen LogP contribution in [0.25, 0.3) is 0 Å². The molecule has 3 nitrogen and oxygen atoms in total. The zero-order valence-corrected chi connectivity index (χ0v) is 7.97. The summed E-state index contributed by atoms with van der Waals surface area (Å²) in [6.45, 7) is 1.01. The summed E-state index contributed by atoms with van der Waals surface area (Å²) in [5.74, 6) is -0.745. The summed E-state index contributed by atoms with van der Waals surface area (Å²) in [6, 6.07) is 0. The van der Waals surface area contributed by atoms with Crippen molar-refractivity contribution in [2.75, 3.05) is 13.2 Å². The lowest BCUT2D eigenvalue weighted by molar-refractivity contribution is -0.308. The third-order valence-electron chi connectivity index (χ3n) is 2.45. The molecule has 15 heavy (non-hydrogen) atoms. The summed E-state index contributed by atoms with van der Waals surface area (Å²) in [4.78, 5) is 0. The predicted octanol–water partition coefficient (Wildman–Crippen LogP) is 2.33. The number of hydrogen-bond donors (Lipinski definition) is 0. The minimum atomic E-state index is -4.60. The SMILES string of the molecule is FC(F)(F)OC1=CCC2(CC1)OCCO2. The molecular weight excluding hydrogens is 213 g/mol. The Labute approximate surface area is 84.8 Å². The van der Waals surface area contributed by atoms with Crippen LogP contribution in [0.15, 0.2) is 11.8 Å². The van der Waals surface area contributed by atoms with Crippen molar-refractivity contribution < 1.29 is 27.4 Å². The van der Waals surface area contributed by atoms with Crippen LogP contribution in [-0.2, 0) is 14.2 Å². The van der Waals surface area contributed by atoms with Crippen molar-refractivity contribution in [1.82, 2.24) is 0 Å². The van der Waals surface area contributed by atoms with E-state index in [2.05, 4.69) is 4.74 Å². The summed E-state index contributed by atoms with van der Waals surface area (Å²) < 4.78 is 50.2. The molecule has 1 spiro atoms. The Hall–Kier alpha value is -0.750. The van der Waals surface area contributed by atoms with E-state index in [1.807, 2.05) is 0 Å².